The molecule has 4 rings (SSSR count). The van der Waals surface area contributed by atoms with E-state index in [1.807, 2.05) is 10.8 Å². The summed E-state index contributed by atoms with van der Waals surface area (Å²) in [5, 5.41) is 26.7. The van der Waals surface area contributed by atoms with Gasteiger partial charge < -0.3 is 10.6 Å². The third kappa shape index (κ3) is 5.13. The van der Waals surface area contributed by atoms with Crippen LogP contribution in [0.3, 0.4) is 0 Å². The summed E-state index contributed by atoms with van der Waals surface area (Å²) in [6.07, 6.45) is 0. The summed E-state index contributed by atoms with van der Waals surface area (Å²) >= 11 is 2.66. The second-order valence-electron chi connectivity index (χ2n) is 6.45. The van der Waals surface area contributed by atoms with Crippen molar-refractivity contribution in [2.75, 3.05) is 10.6 Å². The van der Waals surface area contributed by atoms with Gasteiger partial charge in [0.25, 0.3) is 11.8 Å². The summed E-state index contributed by atoms with van der Waals surface area (Å²) in [4.78, 5) is 26.1. The molecule has 156 valence electrons. The number of amides is 2. The highest BCUT2D eigenvalue weighted by atomic mass is 32.1. The third-order valence-corrected chi connectivity index (χ3v) is 6.00. The van der Waals surface area contributed by atoms with Crippen LogP contribution in [0.4, 0.5) is 22.7 Å². The highest BCUT2D eigenvalue weighted by Crippen LogP contribution is 2.31. The van der Waals surface area contributed by atoms with E-state index >= 15 is 0 Å². The van der Waals surface area contributed by atoms with Crippen LogP contribution in [-0.2, 0) is 0 Å². The Bertz CT molecular complexity index is 1310. The number of thiophene rings is 2. The first kappa shape index (κ1) is 21.1. The van der Waals surface area contributed by atoms with E-state index in [9.17, 15) is 9.59 Å². The molecule has 2 aromatic carbocycles. The first-order valence-electron chi connectivity index (χ1n) is 9.38. The van der Waals surface area contributed by atoms with E-state index < -0.39 is 0 Å². The minimum Gasteiger partial charge on any atom is -0.321 e. The van der Waals surface area contributed by atoms with E-state index in [1.165, 1.54) is 22.7 Å². The Kier molecular flexibility index (Phi) is 6.46. The lowest BCUT2D eigenvalue weighted by Gasteiger charge is -2.10. The number of carbonyl (C=O) groups excluding carboxylic acids is 2. The maximum absolute atomic E-state index is 12.6. The number of rotatable bonds is 6. The van der Waals surface area contributed by atoms with Gasteiger partial charge in [-0.3, -0.25) is 9.59 Å². The summed E-state index contributed by atoms with van der Waals surface area (Å²) in [6.45, 7) is 0. The molecule has 32 heavy (non-hydrogen) atoms. The largest absolute Gasteiger partial charge is 0.321 e. The number of anilines is 2. The first-order chi connectivity index (χ1) is 15.6. The Labute approximate surface area is 191 Å². The minimum atomic E-state index is -0.281. The topological polar surface area (TPSA) is 107 Å². The number of nitriles is 1. The molecule has 0 aliphatic rings. The van der Waals surface area contributed by atoms with E-state index in [-0.39, 0.29) is 11.8 Å². The van der Waals surface area contributed by atoms with Crippen LogP contribution in [0.15, 0.2) is 87.7 Å². The van der Waals surface area contributed by atoms with Gasteiger partial charge in [0.15, 0.2) is 0 Å². The summed E-state index contributed by atoms with van der Waals surface area (Å²) in [5.74, 6) is -0.515. The molecule has 0 saturated heterocycles. The van der Waals surface area contributed by atoms with Crippen molar-refractivity contribution in [1.29, 1.82) is 5.26 Å². The summed E-state index contributed by atoms with van der Waals surface area (Å²) < 4.78 is 0. The van der Waals surface area contributed by atoms with Crippen LogP contribution in [0, 0.1) is 11.3 Å². The van der Waals surface area contributed by atoms with Crippen molar-refractivity contribution in [3.05, 3.63) is 92.8 Å². The van der Waals surface area contributed by atoms with Gasteiger partial charge in [-0.1, -0.05) is 12.1 Å². The molecular weight excluding hydrogens is 442 g/mol. The predicted octanol–water partition coefficient (Wildman–Crippen LogP) is 6.60. The van der Waals surface area contributed by atoms with Crippen molar-refractivity contribution >= 4 is 57.2 Å². The molecule has 2 heterocycles. The molecule has 0 unspecified atom stereocenters. The third-order valence-electron chi connectivity index (χ3n) is 4.26. The SMILES string of the molecule is N#Cc1ccc(N=Nc2ccc(NC(=O)c3cccs3)cc2NC(=O)c2cccs2)cc1. The molecule has 0 saturated carbocycles. The second kappa shape index (κ2) is 9.78. The fourth-order valence-electron chi connectivity index (χ4n) is 2.71. The van der Waals surface area contributed by atoms with Gasteiger partial charge >= 0.3 is 0 Å². The van der Waals surface area contributed by atoms with Crippen molar-refractivity contribution < 1.29 is 9.59 Å². The molecule has 2 aromatic heterocycles. The number of benzene rings is 2. The number of nitrogens with one attached hydrogen (secondary N) is 2. The number of hydrogen-bond donors (Lipinski definition) is 2. The Morgan fingerprint density at radius 2 is 1.47 bits per heavy atom. The smallest absolute Gasteiger partial charge is 0.265 e. The van der Waals surface area contributed by atoms with Crippen molar-refractivity contribution in [3.63, 3.8) is 0 Å². The number of carbonyl (C=O) groups is 2. The molecule has 4 aromatic rings. The maximum atomic E-state index is 12.6. The lowest BCUT2D eigenvalue weighted by atomic mass is 10.2. The van der Waals surface area contributed by atoms with Crippen LogP contribution in [0.1, 0.15) is 24.9 Å². The lowest BCUT2D eigenvalue weighted by molar-refractivity contribution is 0.102. The highest BCUT2D eigenvalue weighted by molar-refractivity contribution is 7.12. The predicted molar refractivity (Wildman–Crippen MR) is 126 cm³/mol. The van der Waals surface area contributed by atoms with E-state index in [0.29, 0.717) is 38.1 Å². The summed E-state index contributed by atoms with van der Waals surface area (Å²) in [5.41, 5.74) is 2.44. The average Bonchev–Trinajstić information content (AvgIpc) is 3.53. The van der Waals surface area contributed by atoms with Gasteiger partial charge in [0, 0.05) is 5.69 Å². The van der Waals surface area contributed by atoms with Crippen molar-refractivity contribution in [2.45, 2.75) is 0 Å². The fraction of sp³-hybridized carbons (Fsp3) is 0. The highest BCUT2D eigenvalue weighted by Gasteiger charge is 2.13. The molecule has 0 aliphatic carbocycles. The molecule has 0 aliphatic heterocycles. The minimum absolute atomic E-state index is 0.234. The van der Waals surface area contributed by atoms with E-state index in [4.69, 9.17) is 5.26 Å². The second-order valence-corrected chi connectivity index (χ2v) is 8.35. The normalized spacial score (nSPS) is 10.6. The lowest BCUT2D eigenvalue weighted by Crippen LogP contribution is -2.12. The van der Waals surface area contributed by atoms with Crippen LogP contribution >= 0.6 is 22.7 Å². The van der Waals surface area contributed by atoms with Crippen LogP contribution in [0.2, 0.25) is 0 Å². The Balaban J connectivity index is 1.61. The Hall–Kier alpha value is -4.13. The molecule has 0 radical (unpaired) electrons. The van der Waals surface area contributed by atoms with Gasteiger partial charge in [0.1, 0.15) is 5.69 Å². The van der Waals surface area contributed by atoms with Crippen LogP contribution in [-0.4, -0.2) is 11.8 Å². The van der Waals surface area contributed by atoms with Gasteiger partial charge in [0.05, 0.1) is 32.8 Å². The monoisotopic (exact) mass is 457 g/mol. The van der Waals surface area contributed by atoms with Crippen LogP contribution in [0.25, 0.3) is 0 Å². The summed E-state index contributed by atoms with van der Waals surface area (Å²) in [7, 11) is 0. The van der Waals surface area contributed by atoms with Gasteiger partial charge in [-0.15, -0.1) is 27.8 Å². The quantitative estimate of drug-likeness (QED) is 0.318. The molecule has 0 spiro atoms. The molecule has 2 N–H and O–H groups in total. The van der Waals surface area contributed by atoms with Gasteiger partial charge in [-0.05, 0) is 65.4 Å². The maximum Gasteiger partial charge on any atom is 0.265 e. The molecule has 9 heteroatoms. The van der Waals surface area contributed by atoms with Gasteiger partial charge in [-0.2, -0.15) is 10.4 Å². The van der Waals surface area contributed by atoms with Crippen LogP contribution in [0.5, 0.6) is 0 Å². The van der Waals surface area contributed by atoms with Crippen molar-refractivity contribution in [2.24, 2.45) is 10.2 Å². The zero-order valence-corrected chi connectivity index (χ0v) is 18.1. The van der Waals surface area contributed by atoms with E-state index in [1.54, 1.807) is 66.7 Å². The molecule has 2 amide bonds. The zero-order valence-electron chi connectivity index (χ0n) is 16.5. The molecule has 0 fully saturated rings. The van der Waals surface area contributed by atoms with Crippen LogP contribution < -0.4 is 10.6 Å². The molecule has 7 nitrogen and oxygen atoms in total. The molecule has 0 atom stereocenters. The zero-order chi connectivity index (χ0) is 22.3. The number of nitrogens with zero attached hydrogens (tertiary/aromatic N) is 3. The molecular formula is C23H15N5O2S2. The van der Waals surface area contributed by atoms with E-state index in [0.717, 1.165) is 0 Å². The first-order valence-corrected chi connectivity index (χ1v) is 11.1. The van der Waals surface area contributed by atoms with Crippen molar-refractivity contribution in [3.8, 4) is 6.07 Å². The molecule has 0 bridgehead atoms. The van der Waals surface area contributed by atoms with E-state index in [2.05, 4.69) is 26.9 Å². The van der Waals surface area contributed by atoms with Gasteiger partial charge in [-0.25, -0.2) is 0 Å². The van der Waals surface area contributed by atoms with Crippen molar-refractivity contribution in [1.82, 2.24) is 0 Å². The average molecular weight is 458 g/mol. The standard InChI is InChI=1S/C23H15N5O2S2/c24-14-15-5-7-16(8-6-15)27-28-18-10-9-17(25-22(29)20-3-1-11-31-20)13-19(18)26-23(30)21-4-2-12-32-21/h1-13H,(H,25,29)(H,26,30). The Morgan fingerprint density at radius 3 is 2.06 bits per heavy atom. The summed E-state index contributed by atoms with van der Waals surface area (Å²) in [6, 6.07) is 20.8. The number of hydrogen-bond acceptors (Lipinski definition) is 7. The fourth-order valence-corrected chi connectivity index (χ4v) is 3.95. The Morgan fingerprint density at radius 1 is 0.812 bits per heavy atom. The van der Waals surface area contributed by atoms with Gasteiger partial charge in [0.2, 0.25) is 0 Å². The number of azo groups is 1.